The fourth-order valence-electron chi connectivity index (χ4n) is 4.83. The summed E-state index contributed by atoms with van der Waals surface area (Å²) in [6, 6.07) is 13.5. The third-order valence-corrected chi connectivity index (χ3v) is 8.96. The van der Waals surface area contributed by atoms with E-state index < -0.39 is 10.8 Å². The van der Waals surface area contributed by atoms with Crippen molar-refractivity contribution in [2.45, 2.75) is 83.4 Å². The Hall–Kier alpha value is -2.92. The van der Waals surface area contributed by atoms with Gasteiger partial charge in [0.05, 0.1) is 25.3 Å². The molecule has 2 heterocycles. The molecule has 3 aromatic rings. The van der Waals surface area contributed by atoms with Crippen molar-refractivity contribution in [3.63, 3.8) is 0 Å². The molecule has 0 amide bonds. The normalized spacial score (nSPS) is 18.6. The van der Waals surface area contributed by atoms with Crippen molar-refractivity contribution < 1.29 is 23.4 Å². The summed E-state index contributed by atoms with van der Waals surface area (Å²) in [7, 11) is -3.26. The molecule has 9 nitrogen and oxygen atoms in total. The Morgan fingerprint density at radius 1 is 1.23 bits per heavy atom. The molecule has 212 valence electrons. The topological polar surface area (TPSA) is 110 Å². The van der Waals surface area contributed by atoms with Crippen LogP contribution in [0.1, 0.15) is 74.9 Å². The van der Waals surface area contributed by atoms with E-state index in [2.05, 4.69) is 36.3 Å². The molecule has 1 aliphatic rings. The summed E-state index contributed by atoms with van der Waals surface area (Å²) in [5.41, 5.74) is 3.90. The molecule has 39 heavy (non-hydrogen) atoms. The summed E-state index contributed by atoms with van der Waals surface area (Å²) in [5, 5.41) is 8.51. The van der Waals surface area contributed by atoms with Crippen molar-refractivity contribution in [3.8, 4) is 5.75 Å². The van der Waals surface area contributed by atoms with E-state index >= 15 is 0 Å². The third-order valence-electron chi connectivity index (χ3n) is 7.04. The minimum absolute atomic E-state index is 0.0833. The van der Waals surface area contributed by atoms with Crippen LogP contribution in [0.4, 0.5) is 0 Å². The second-order valence-corrected chi connectivity index (χ2v) is 12.4. The highest BCUT2D eigenvalue weighted by Gasteiger charge is 2.34. The van der Waals surface area contributed by atoms with Crippen LogP contribution in [0.5, 0.6) is 5.75 Å². The van der Waals surface area contributed by atoms with Crippen LogP contribution in [0.3, 0.4) is 0 Å². The highest BCUT2D eigenvalue weighted by molar-refractivity contribution is 8.22. The van der Waals surface area contributed by atoms with Crippen molar-refractivity contribution in [2.24, 2.45) is 0 Å². The van der Waals surface area contributed by atoms with Crippen LogP contribution >= 0.6 is 10.8 Å². The van der Waals surface area contributed by atoms with Gasteiger partial charge >= 0.3 is 5.97 Å². The zero-order valence-electron chi connectivity index (χ0n) is 23.4. The molecule has 2 unspecified atom stereocenters. The first kappa shape index (κ1) is 29.1. The SMILES string of the molecule is CCOC(=O)CC(CCc1cn(C(C)C)nn1)c1ccc(C)c(CN2CC(C)Oc3ccccc3S2(O)O)c1. The Bertz CT molecular complexity index is 1280. The van der Waals surface area contributed by atoms with E-state index in [1.54, 1.807) is 22.5 Å². The van der Waals surface area contributed by atoms with Gasteiger partial charge in [-0.2, -0.15) is 4.31 Å². The maximum absolute atomic E-state index is 12.5. The van der Waals surface area contributed by atoms with Gasteiger partial charge in [0.25, 0.3) is 0 Å². The largest absolute Gasteiger partial charge is 0.487 e. The monoisotopic (exact) mass is 556 g/mol. The molecule has 4 rings (SSSR count). The Kier molecular flexibility index (Phi) is 9.32. The fourth-order valence-corrected chi connectivity index (χ4v) is 6.49. The number of carbonyl (C=O) groups excluding carboxylic acids is 1. The third kappa shape index (κ3) is 7.00. The summed E-state index contributed by atoms with van der Waals surface area (Å²) >= 11 is 0. The van der Waals surface area contributed by atoms with Crippen molar-refractivity contribution in [2.75, 3.05) is 13.2 Å². The summed E-state index contributed by atoms with van der Waals surface area (Å²) in [6.07, 6.45) is 3.37. The minimum atomic E-state index is -3.26. The number of benzene rings is 2. The van der Waals surface area contributed by atoms with Crippen LogP contribution in [0.2, 0.25) is 0 Å². The molecule has 2 aromatic carbocycles. The Morgan fingerprint density at radius 2 is 2.00 bits per heavy atom. The molecule has 0 radical (unpaired) electrons. The van der Waals surface area contributed by atoms with Gasteiger partial charge in [0.15, 0.2) is 0 Å². The highest BCUT2D eigenvalue weighted by atomic mass is 32.3. The van der Waals surface area contributed by atoms with E-state index in [0.717, 1.165) is 22.4 Å². The van der Waals surface area contributed by atoms with Gasteiger partial charge in [0.2, 0.25) is 0 Å². The zero-order valence-corrected chi connectivity index (χ0v) is 24.2. The first-order valence-electron chi connectivity index (χ1n) is 13.5. The number of ether oxygens (including phenoxy) is 2. The van der Waals surface area contributed by atoms with Crippen LogP contribution < -0.4 is 4.74 Å². The standard InChI is InChI=1S/C29H40N4O5S/c1-6-37-29(34)16-24(13-14-26-19-33(20(2)3)31-30-26)23-12-11-21(4)25(15-23)18-32-17-22(5)38-27-9-7-8-10-28(27)39(32,35)36/h7-12,15,19-20,22,24,35-36H,6,13-14,16-18H2,1-5H3. The van der Waals surface area contributed by atoms with E-state index in [4.69, 9.17) is 9.47 Å². The molecule has 1 aromatic heterocycles. The van der Waals surface area contributed by atoms with Gasteiger partial charge in [-0.3, -0.25) is 13.9 Å². The summed E-state index contributed by atoms with van der Waals surface area (Å²) in [5.74, 6) is 0.182. The molecule has 2 atom stereocenters. The Labute approximate surface area is 232 Å². The number of hydrogen-bond acceptors (Lipinski definition) is 8. The lowest BCUT2D eigenvalue weighted by Gasteiger charge is -2.42. The van der Waals surface area contributed by atoms with Gasteiger partial charge in [-0.25, -0.2) is 4.68 Å². The number of nitrogens with zero attached hydrogens (tertiary/aromatic N) is 4. The molecule has 0 fully saturated rings. The number of para-hydroxylation sites is 1. The molecule has 0 saturated carbocycles. The summed E-state index contributed by atoms with van der Waals surface area (Å²) in [4.78, 5) is 12.9. The van der Waals surface area contributed by atoms with E-state index in [9.17, 15) is 13.9 Å². The van der Waals surface area contributed by atoms with E-state index in [1.807, 2.05) is 43.8 Å². The highest BCUT2D eigenvalue weighted by Crippen LogP contribution is 2.57. The van der Waals surface area contributed by atoms with Crippen LogP contribution in [0, 0.1) is 6.92 Å². The number of aromatic nitrogens is 3. The first-order chi connectivity index (χ1) is 18.6. The molecule has 1 aliphatic heterocycles. The second-order valence-electron chi connectivity index (χ2n) is 10.4. The molecule has 0 saturated heterocycles. The smallest absolute Gasteiger partial charge is 0.306 e. The van der Waals surface area contributed by atoms with Crippen molar-refractivity contribution in [1.82, 2.24) is 19.3 Å². The zero-order chi connectivity index (χ0) is 28.2. The quantitative estimate of drug-likeness (QED) is 0.286. The Balaban J connectivity index is 1.60. The molecular formula is C29H40N4O5S. The predicted molar refractivity (Wildman–Crippen MR) is 152 cm³/mol. The van der Waals surface area contributed by atoms with Crippen molar-refractivity contribution >= 4 is 16.7 Å². The lowest BCUT2D eigenvalue weighted by atomic mass is 9.88. The second kappa shape index (κ2) is 12.5. The minimum Gasteiger partial charge on any atom is -0.487 e. The molecule has 2 N–H and O–H groups in total. The number of carbonyl (C=O) groups is 1. The molecule has 0 aliphatic carbocycles. The van der Waals surface area contributed by atoms with E-state index in [1.165, 1.54) is 0 Å². The average molecular weight is 557 g/mol. The maximum Gasteiger partial charge on any atom is 0.306 e. The lowest BCUT2D eigenvalue weighted by Crippen LogP contribution is -2.33. The van der Waals surface area contributed by atoms with Crippen LogP contribution in [0.15, 0.2) is 53.6 Å². The van der Waals surface area contributed by atoms with Crippen molar-refractivity contribution in [1.29, 1.82) is 0 Å². The number of esters is 1. The summed E-state index contributed by atoms with van der Waals surface area (Å²) in [6.45, 7) is 10.9. The summed E-state index contributed by atoms with van der Waals surface area (Å²) < 4.78 is 37.5. The van der Waals surface area contributed by atoms with E-state index in [0.29, 0.717) is 43.2 Å². The average Bonchev–Trinajstić information content (AvgIpc) is 3.34. The molecular weight excluding hydrogens is 516 g/mol. The van der Waals surface area contributed by atoms with Gasteiger partial charge in [0.1, 0.15) is 16.7 Å². The van der Waals surface area contributed by atoms with Gasteiger partial charge in [-0.15, -0.1) is 15.9 Å². The Morgan fingerprint density at radius 3 is 2.72 bits per heavy atom. The number of rotatable bonds is 10. The number of aryl methyl sites for hydroxylation is 2. The van der Waals surface area contributed by atoms with Gasteiger partial charge in [0, 0.05) is 18.8 Å². The number of fused-ring (bicyclic) bond motifs is 1. The maximum atomic E-state index is 12.5. The van der Waals surface area contributed by atoms with Gasteiger partial charge in [-0.05, 0) is 82.2 Å². The van der Waals surface area contributed by atoms with Crippen LogP contribution in [-0.2, 0) is 22.5 Å². The fraction of sp³-hybridized carbons (Fsp3) is 0.483. The molecule has 10 heteroatoms. The predicted octanol–water partition coefficient (Wildman–Crippen LogP) is 6.14. The first-order valence-corrected chi connectivity index (χ1v) is 15.0. The number of hydrogen-bond donors (Lipinski definition) is 2. The van der Waals surface area contributed by atoms with Gasteiger partial charge in [-0.1, -0.05) is 35.5 Å². The van der Waals surface area contributed by atoms with Gasteiger partial charge < -0.3 is 9.47 Å². The van der Waals surface area contributed by atoms with E-state index in [-0.39, 0.29) is 30.5 Å². The lowest BCUT2D eigenvalue weighted by molar-refractivity contribution is -0.143. The molecule has 0 bridgehead atoms. The van der Waals surface area contributed by atoms with Crippen LogP contribution in [0.25, 0.3) is 0 Å². The van der Waals surface area contributed by atoms with Crippen LogP contribution in [-0.4, -0.2) is 53.6 Å². The van der Waals surface area contributed by atoms with Crippen molar-refractivity contribution in [3.05, 3.63) is 71.0 Å². The molecule has 0 spiro atoms.